The Hall–Kier alpha value is -1.55. The van der Waals surface area contributed by atoms with Crippen LogP contribution >= 0.6 is 11.6 Å². The second-order valence-corrected chi connectivity index (χ2v) is 6.11. The molecule has 23 heavy (non-hydrogen) atoms. The highest BCUT2D eigenvalue weighted by Gasteiger charge is 2.08. The quantitative estimate of drug-likeness (QED) is 0.563. The highest BCUT2D eigenvalue weighted by molar-refractivity contribution is 6.33. The Labute approximate surface area is 144 Å². The van der Waals surface area contributed by atoms with E-state index in [1.54, 1.807) is 18.2 Å². The van der Waals surface area contributed by atoms with Gasteiger partial charge in [0.05, 0.1) is 10.7 Å². The van der Waals surface area contributed by atoms with Gasteiger partial charge in [0.2, 0.25) is 11.8 Å². The molecule has 0 spiro atoms. The van der Waals surface area contributed by atoms with Crippen LogP contribution < -0.4 is 10.6 Å². The molecule has 0 aliphatic heterocycles. The fourth-order valence-corrected chi connectivity index (χ4v) is 2.42. The lowest BCUT2D eigenvalue weighted by Crippen LogP contribution is -2.13. The van der Waals surface area contributed by atoms with E-state index in [0.717, 1.165) is 19.3 Å². The molecule has 0 saturated carbocycles. The van der Waals surface area contributed by atoms with Gasteiger partial charge >= 0.3 is 0 Å². The number of amides is 2. The molecule has 4 nitrogen and oxygen atoms in total. The van der Waals surface area contributed by atoms with Gasteiger partial charge in [0.25, 0.3) is 0 Å². The average molecular weight is 339 g/mol. The van der Waals surface area contributed by atoms with Crippen LogP contribution in [-0.2, 0) is 9.59 Å². The molecule has 1 rings (SSSR count). The van der Waals surface area contributed by atoms with E-state index in [2.05, 4.69) is 17.6 Å². The Morgan fingerprint density at radius 1 is 0.913 bits per heavy atom. The predicted octanol–water partition coefficient (Wildman–Crippen LogP) is 5.38. The van der Waals surface area contributed by atoms with Gasteiger partial charge in [-0.3, -0.25) is 9.59 Å². The van der Waals surface area contributed by atoms with Gasteiger partial charge < -0.3 is 10.6 Å². The summed E-state index contributed by atoms with van der Waals surface area (Å²) in [6, 6.07) is 5.11. The molecule has 0 saturated heterocycles. The van der Waals surface area contributed by atoms with Crippen molar-refractivity contribution >= 4 is 34.8 Å². The van der Waals surface area contributed by atoms with E-state index in [-0.39, 0.29) is 11.8 Å². The SMILES string of the molecule is CCCCCCCC(=O)Nc1cc(NC(=O)CCC)ccc1Cl. The minimum atomic E-state index is -0.0413. The van der Waals surface area contributed by atoms with Gasteiger partial charge in [0, 0.05) is 18.5 Å². The van der Waals surface area contributed by atoms with Gasteiger partial charge in [0.1, 0.15) is 0 Å². The monoisotopic (exact) mass is 338 g/mol. The van der Waals surface area contributed by atoms with E-state index in [1.807, 2.05) is 6.92 Å². The maximum absolute atomic E-state index is 12.0. The van der Waals surface area contributed by atoms with Crippen LogP contribution in [0.5, 0.6) is 0 Å². The summed E-state index contributed by atoms with van der Waals surface area (Å²) >= 11 is 6.11. The van der Waals surface area contributed by atoms with E-state index >= 15 is 0 Å². The summed E-state index contributed by atoms with van der Waals surface area (Å²) in [5.74, 6) is -0.0801. The molecule has 1 aromatic carbocycles. The van der Waals surface area contributed by atoms with Crippen LogP contribution in [0.3, 0.4) is 0 Å². The third-order valence-electron chi connectivity index (χ3n) is 3.51. The molecule has 0 aliphatic rings. The number of hydrogen-bond donors (Lipinski definition) is 2. The number of rotatable bonds is 10. The first-order valence-corrected chi connectivity index (χ1v) is 8.83. The first-order chi connectivity index (χ1) is 11.1. The zero-order valence-corrected chi connectivity index (χ0v) is 14.8. The maximum atomic E-state index is 12.0. The van der Waals surface area contributed by atoms with Crippen LogP contribution in [0.2, 0.25) is 5.02 Å². The first kappa shape index (κ1) is 19.5. The largest absolute Gasteiger partial charge is 0.326 e. The van der Waals surface area contributed by atoms with E-state index in [4.69, 9.17) is 11.6 Å². The van der Waals surface area contributed by atoms with Gasteiger partial charge in [-0.05, 0) is 31.0 Å². The number of halogens is 1. The molecule has 0 heterocycles. The molecule has 0 atom stereocenters. The number of nitrogens with one attached hydrogen (secondary N) is 2. The molecule has 128 valence electrons. The van der Waals surface area contributed by atoms with Gasteiger partial charge in [-0.15, -0.1) is 0 Å². The molecule has 5 heteroatoms. The van der Waals surface area contributed by atoms with Gasteiger partial charge in [-0.25, -0.2) is 0 Å². The highest BCUT2D eigenvalue weighted by Crippen LogP contribution is 2.26. The Morgan fingerprint density at radius 3 is 2.30 bits per heavy atom. The zero-order valence-electron chi connectivity index (χ0n) is 14.1. The van der Waals surface area contributed by atoms with Crippen LogP contribution in [0.1, 0.15) is 65.2 Å². The Kier molecular flexibility index (Phi) is 9.37. The lowest BCUT2D eigenvalue weighted by atomic mass is 10.1. The first-order valence-electron chi connectivity index (χ1n) is 8.46. The molecule has 0 unspecified atom stereocenters. The lowest BCUT2D eigenvalue weighted by Gasteiger charge is -2.10. The van der Waals surface area contributed by atoms with Crippen molar-refractivity contribution in [3.8, 4) is 0 Å². The maximum Gasteiger partial charge on any atom is 0.224 e. The molecule has 0 radical (unpaired) electrons. The van der Waals surface area contributed by atoms with Crippen LogP contribution in [0, 0.1) is 0 Å². The van der Waals surface area contributed by atoms with Crippen molar-refractivity contribution in [2.24, 2.45) is 0 Å². The summed E-state index contributed by atoms with van der Waals surface area (Å²) in [5, 5.41) is 6.10. The number of unbranched alkanes of at least 4 members (excludes halogenated alkanes) is 4. The van der Waals surface area contributed by atoms with Crippen LogP contribution in [0.25, 0.3) is 0 Å². The summed E-state index contributed by atoms with van der Waals surface area (Å²) in [7, 11) is 0. The number of carbonyl (C=O) groups is 2. The minimum absolute atomic E-state index is 0.0389. The van der Waals surface area contributed by atoms with Crippen molar-refractivity contribution in [3.05, 3.63) is 23.2 Å². The molecular formula is C18H27ClN2O2. The smallest absolute Gasteiger partial charge is 0.224 e. The Morgan fingerprint density at radius 2 is 1.61 bits per heavy atom. The Balaban J connectivity index is 2.51. The summed E-state index contributed by atoms with van der Waals surface area (Å²) in [5.41, 5.74) is 1.19. The highest BCUT2D eigenvalue weighted by atomic mass is 35.5. The third kappa shape index (κ3) is 8.03. The topological polar surface area (TPSA) is 58.2 Å². The number of carbonyl (C=O) groups excluding carboxylic acids is 2. The summed E-state index contributed by atoms with van der Waals surface area (Å²) in [6.45, 7) is 4.12. The number of benzene rings is 1. The molecule has 0 bridgehead atoms. The van der Waals surface area contributed by atoms with Crippen molar-refractivity contribution in [2.75, 3.05) is 10.6 Å². The van der Waals surface area contributed by atoms with E-state index in [1.165, 1.54) is 19.3 Å². The Bertz CT molecular complexity index is 518. The molecule has 0 aliphatic carbocycles. The molecule has 1 aromatic rings. The zero-order chi connectivity index (χ0) is 17.1. The molecule has 2 N–H and O–H groups in total. The van der Waals surface area contributed by atoms with E-state index < -0.39 is 0 Å². The van der Waals surface area contributed by atoms with Gasteiger partial charge in [-0.1, -0.05) is 51.1 Å². The minimum Gasteiger partial charge on any atom is -0.326 e. The number of hydrogen-bond acceptors (Lipinski definition) is 2. The standard InChI is InChI=1S/C18H27ClN2O2/c1-3-5-6-7-8-10-18(23)21-16-13-14(11-12-15(16)19)20-17(22)9-4-2/h11-13H,3-10H2,1-2H3,(H,20,22)(H,21,23). The van der Waals surface area contributed by atoms with Crippen molar-refractivity contribution in [1.29, 1.82) is 0 Å². The van der Waals surface area contributed by atoms with Crippen molar-refractivity contribution in [1.82, 2.24) is 0 Å². The second-order valence-electron chi connectivity index (χ2n) is 5.71. The van der Waals surface area contributed by atoms with Crippen LogP contribution in [0.4, 0.5) is 11.4 Å². The van der Waals surface area contributed by atoms with Gasteiger partial charge in [-0.2, -0.15) is 0 Å². The lowest BCUT2D eigenvalue weighted by molar-refractivity contribution is -0.117. The summed E-state index contributed by atoms with van der Waals surface area (Å²) < 4.78 is 0. The molecule has 0 aromatic heterocycles. The summed E-state index contributed by atoms with van der Waals surface area (Å²) in [4.78, 5) is 23.6. The summed E-state index contributed by atoms with van der Waals surface area (Å²) in [6.07, 6.45) is 7.29. The van der Waals surface area contributed by atoms with Crippen molar-refractivity contribution in [3.63, 3.8) is 0 Å². The molecule has 2 amide bonds. The predicted molar refractivity (Wildman–Crippen MR) is 97.0 cm³/mol. The fraction of sp³-hybridized carbons (Fsp3) is 0.556. The van der Waals surface area contributed by atoms with E-state index in [9.17, 15) is 9.59 Å². The fourth-order valence-electron chi connectivity index (χ4n) is 2.25. The van der Waals surface area contributed by atoms with Crippen LogP contribution in [-0.4, -0.2) is 11.8 Å². The van der Waals surface area contributed by atoms with Gasteiger partial charge in [0.15, 0.2) is 0 Å². The average Bonchev–Trinajstić information content (AvgIpc) is 2.50. The second kappa shape index (κ2) is 11.1. The van der Waals surface area contributed by atoms with E-state index in [0.29, 0.717) is 29.2 Å². The number of anilines is 2. The van der Waals surface area contributed by atoms with Crippen molar-refractivity contribution in [2.45, 2.75) is 65.2 Å². The van der Waals surface area contributed by atoms with Crippen molar-refractivity contribution < 1.29 is 9.59 Å². The molecular weight excluding hydrogens is 312 g/mol. The normalized spacial score (nSPS) is 10.4. The molecule has 0 fully saturated rings. The van der Waals surface area contributed by atoms with Crippen LogP contribution in [0.15, 0.2) is 18.2 Å². The third-order valence-corrected chi connectivity index (χ3v) is 3.84.